The average molecular weight is 442 g/mol. The maximum atomic E-state index is 13.5. The number of pyridine rings is 1. The van der Waals surface area contributed by atoms with Crippen molar-refractivity contribution in [1.82, 2.24) is 19.3 Å². The van der Waals surface area contributed by atoms with E-state index in [2.05, 4.69) is 39.8 Å². The van der Waals surface area contributed by atoms with Crippen molar-refractivity contribution in [3.63, 3.8) is 0 Å². The number of fused-ring (bicyclic) bond motifs is 1. The van der Waals surface area contributed by atoms with Crippen LogP contribution >= 0.6 is 11.5 Å². The zero-order chi connectivity index (χ0) is 22.1. The summed E-state index contributed by atoms with van der Waals surface area (Å²) in [6.07, 6.45) is 1.74. The van der Waals surface area contributed by atoms with Gasteiger partial charge in [-0.1, -0.05) is 30.3 Å². The first kappa shape index (κ1) is 20.2. The first-order chi connectivity index (χ1) is 15.6. The summed E-state index contributed by atoms with van der Waals surface area (Å²) in [4.78, 5) is 14.9. The summed E-state index contributed by atoms with van der Waals surface area (Å²) >= 11 is 1.36. The average Bonchev–Trinajstić information content (AvgIpc) is 3.19. The molecule has 158 valence electrons. The summed E-state index contributed by atoms with van der Waals surface area (Å²) in [6, 6.07) is 20.5. The predicted octanol–water partition coefficient (Wildman–Crippen LogP) is 6.44. The lowest BCUT2D eigenvalue weighted by Crippen LogP contribution is -2.09. The molecule has 0 amide bonds. The monoisotopic (exact) mass is 441 g/mol. The van der Waals surface area contributed by atoms with E-state index in [-0.39, 0.29) is 11.9 Å². The van der Waals surface area contributed by atoms with Crippen LogP contribution in [0.15, 0.2) is 72.9 Å². The molecule has 1 N–H and O–H groups in total. The van der Waals surface area contributed by atoms with Crippen LogP contribution in [0.2, 0.25) is 0 Å². The number of nitrogens with one attached hydrogen (secondary N) is 1. The van der Waals surface area contributed by atoms with Gasteiger partial charge in [-0.3, -0.25) is 0 Å². The highest BCUT2D eigenvalue weighted by Gasteiger charge is 2.16. The zero-order valence-electron chi connectivity index (χ0n) is 17.6. The van der Waals surface area contributed by atoms with Gasteiger partial charge in [0.15, 0.2) is 0 Å². The van der Waals surface area contributed by atoms with Gasteiger partial charge in [0.2, 0.25) is 5.95 Å². The third-order valence-electron chi connectivity index (χ3n) is 5.34. The largest absolute Gasteiger partial charge is 0.348 e. The SMILES string of the molecule is Cc1nsc2nc(-c3ccc(F)cc3)c(-c3ccnc(N[C@@H](C)c4ccccc4)n3)cc12. The lowest BCUT2D eigenvalue weighted by Gasteiger charge is -2.15. The van der Waals surface area contributed by atoms with Crippen molar-refractivity contribution in [2.75, 3.05) is 5.32 Å². The molecule has 5 aromatic rings. The number of aryl methyl sites for hydroxylation is 1. The quantitative estimate of drug-likeness (QED) is 0.340. The van der Waals surface area contributed by atoms with Gasteiger partial charge in [-0.15, -0.1) is 0 Å². The number of anilines is 1. The molecule has 0 fully saturated rings. The third kappa shape index (κ3) is 3.94. The highest BCUT2D eigenvalue weighted by atomic mass is 32.1. The minimum absolute atomic E-state index is 0.0481. The van der Waals surface area contributed by atoms with Gasteiger partial charge in [-0.05, 0) is 67.3 Å². The number of hydrogen-bond donors (Lipinski definition) is 1. The van der Waals surface area contributed by atoms with Crippen molar-refractivity contribution in [2.45, 2.75) is 19.9 Å². The van der Waals surface area contributed by atoms with Crippen molar-refractivity contribution in [3.8, 4) is 22.5 Å². The Morgan fingerprint density at radius 1 is 0.969 bits per heavy atom. The van der Waals surface area contributed by atoms with Crippen molar-refractivity contribution < 1.29 is 4.39 Å². The van der Waals surface area contributed by atoms with E-state index in [4.69, 9.17) is 9.97 Å². The van der Waals surface area contributed by atoms with Gasteiger partial charge >= 0.3 is 0 Å². The van der Waals surface area contributed by atoms with E-state index in [1.807, 2.05) is 31.2 Å². The standard InChI is InChI=1S/C25H20FN5S/c1-15(17-6-4-3-5-7-17)28-25-27-13-12-22(29-25)21-14-20-16(2)31-32-24(20)30-23(21)18-8-10-19(26)11-9-18/h3-15H,1-2H3,(H,27,28,29)/t15-/m0/s1. The van der Waals surface area contributed by atoms with E-state index in [0.717, 1.165) is 44.0 Å². The van der Waals surface area contributed by atoms with E-state index >= 15 is 0 Å². The van der Waals surface area contributed by atoms with Crippen LogP contribution < -0.4 is 5.32 Å². The van der Waals surface area contributed by atoms with Crippen molar-refractivity contribution >= 4 is 27.7 Å². The third-order valence-corrected chi connectivity index (χ3v) is 6.19. The second-order valence-corrected chi connectivity index (χ2v) is 8.31. The molecule has 0 saturated heterocycles. The number of benzene rings is 2. The van der Waals surface area contributed by atoms with Gasteiger partial charge in [0.05, 0.1) is 23.1 Å². The fraction of sp³-hybridized carbons (Fsp3) is 0.120. The molecule has 0 saturated carbocycles. The topological polar surface area (TPSA) is 63.6 Å². The van der Waals surface area contributed by atoms with E-state index in [1.54, 1.807) is 18.3 Å². The van der Waals surface area contributed by atoms with Crippen LogP contribution in [0.5, 0.6) is 0 Å². The second kappa shape index (κ2) is 8.43. The minimum atomic E-state index is -0.284. The Balaban J connectivity index is 1.59. The normalized spacial score (nSPS) is 12.1. The molecule has 0 spiro atoms. The second-order valence-electron chi connectivity index (χ2n) is 7.55. The summed E-state index contributed by atoms with van der Waals surface area (Å²) in [5.41, 5.74) is 5.22. The van der Waals surface area contributed by atoms with Crippen LogP contribution in [-0.2, 0) is 0 Å². The number of hydrogen-bond acceptors (Lipinski definition) is 6. The Hall–Kier alpha value is -3.71. The molecule has 32 heavy (non-hydrogen) atoms. The van der Waals surface area contributed by atoms with Crippen LogP contribution in [0.4, 0.5) is 10.3 Å². The summed E-state index contributed by atoms with van der Waals surface area (Å²) in [7, 11) is 0. The molecule has 0 aliphatic heterocycles. The zero-order valence-corrected chi connectivity index (χ0v) is 18.4. The highest BCUT2D eigenvalue weighted by molar-refractivity contribution is 7.13. The van der Waals surface area contributed by atoms with Gasteiger partial charge in [0.25, 0.3) is 0 Å². The van der Waals surface area contributed by atoms with E-state index < -0.39 is 0 Å². The van der Waals surface area contributed by atoms with Gasteiger partial charge in [-0.25, -0.2) is 19.3 Å². The molecule has 0 unspecified atom stereocenters. The van der Waals surface area contributed by atoms with Gasteiger partial charge in [0.1, 0.15) is 10.6 Å². The van der Waals surface area contributed by atoms with Crippen LogP contribution in [0, 0.1) is 12.7 Å². The minimum Gasteiger partial charge on any atom is -0.348 e. The molecule has 3 aromatic heterocycles. The number of rotatable bonds is 5. The molecule has 3 heterocycles. The first-order valence-corrected chi connectivity index (χ1v) is 11.0. The molecule has 0 radical (unpaired) electrons. The van der Waals surface area contributed by atoms with Gasteiger partial charge in [0, 0.05) is 22.7 Å². The van der Waals surface area contributed by atoms with Crippen LogP contribution in [0.25, 0.3) is 32.7 Å². The Labute approximate surface area is 189 Å². The lowest BCUT2D eigenvalue weighted by molar-refractivity contribution is 0.628. The first-order valence-electron chi connectivity index (χ1n) is 10.3. The summed E-state index contributed by atoms with van der Waals surface area (Å²) in [6.45, 7) is 4.04. The predicted molar refractivity (Wildman–Crippen MR) is 127 cm³/mol. The Bertz CT molecular complexity index is 1380. The molecule has 1 atom stereocenters. The van der Waals surface area contributed by atoms with E-state index in [9.17, 15) is 4.39 Å². The summed E-state index contributed by atoms with van der Waals surface area (Å²) in [5.74, 6) is 0.248. The molecular weight excluding hydrogens is 421 g/mol. The summed E-state index contributed by atoms with van der Waals surface area (Å²) < 4.78 is 18.0. The molecule has 0 aliphatic rings. The summed E-state index contributed by atoms with van der Waals surface area (Å²) in [5, 5.41) is 4.36. The fourth-order valence-electron chi connectivity index (χ4n) is 3.61. The molecule has 5 nitrogen and oxygen atoms in total. The smallest absolute Gasteiger partial charge is 0.223 e. The Morgan fingerprint density at radius 3 is 2.53 bits per heavy atom. The lowest BCUT2D eigenvalue weighted by atomic mass is 10.0. The van der Waals surface area contributed by atoms with Crippen molar-refractivity contribution in [3.05, 3.63) is 90.0 Å². The van der Waals surface area contributed by atoms with Crippen LogP contribution in [-0.4, -0.2) is 19.3 Å². The van der Waals surface area contributed by atoms with Gasteiger partial charge < -0.3 is 5.32 Å². The maximum Gasteiger partial charge on any atom is 0.223 e. The van der Waals surface area contributed by atoms with Crippen molar-refractivity contribution in [1.29, 1.82) is 0 Å². The number of aromatic nitrogens is 4. The molecule has 2 aromatic carbocycles. The van der Waals surface area contributed by atoms with Crippen molar-refractivity contribution in [2.24, 2.45) is 0 Å². The Kier molecular flexibility index (Phi) is 5.33. The molecule has 0 aliphatic carbocycles. The fourth-order valence-corrected chi connectivity index (χ4v) is 4.36. The highest BCUT2D eigenvalue weighted by Crippen LogP contribution is 2.35. The number of nitrogens with zero attached hydrogens (tertiary/aromatic N) is 4. The molecular formula is C25H20FN5S. The maximum absolute atomic E-state index is 13.5. The Morgan fingerprint density at radius 2 is 1.75 bits per heavy atom. The molecule has 7 heteroatoms. The van der Waals surface area contributed by atoms with E-state index in [1.165, 1.54) is 23.7 Å². The van der Waals surface area contributed by atoms with Crippen LogP contribution in [0.1, 0.15) is 24.2 Å². The molecule has 5 rings (SSSR count). The molecule has 0 bridgehead atoms. The number of halogens is 1. The van der Waals surface area contributed by atoms with Crippen LogP contribution in [0.3, 0.4) is 0 Å². The van der Waals surface area contributed by atoms with E-state index in [0.29, 0.717) is 5.95 Å². The van der Waals surface area contributed by atoms with Gasteiger partial charge in [-0.2, -0.15) is 4.37 Å².